The average molecular weight is 652 g/mol. The Morgan fingerprint density at radius 1 is 1.04 bits per heavy atom. The molecule has 5 heterocycles. The summed E-state index contributed by atoms with van der Waals surface area (Å²) < 4.78 is 69.4. The molecule has 1 unspecified atom stereocenters. The standard InChI is InChI=1S/C35H40F3N5O4/c1-4-25-28(37)9-8-21-13-24(47-20-44-2)14-26(29(21)25)31-30(38)32-27(16-39-31)33(42-11-5-7-23(18-42)45-3)41-34(40-32)46-19-35-10-6-12-43(35)17-22(36)15-35/h8-9,13-14,16,22-23H,4-7,10-12,15,17-20H2,1-3H3/t22-,23?,35+/m1/s1. The number of nitrogens with zero attached hydrogens (tertiary/aromatic N) is 5. The number of alkyl halides is 1. The van der Waals surface area contributed by atoms with Gasteiger partial charge in [0.1, 0.15) is 41.4 Å². The van der Waals surface area contributed by atoms with E-state index in [0.29, 0.717) is 71.3 Å². The van der Waals surface area contributed by atoms with E-state index in [1.807, 2.05) is 6.92 Å². The molecule has 0 bridgehead atoms. The number of rotatable bonds is 10. The average Bonchev–Trinajstić information content (AvgIpc) is 3.61. The van der Waals surface area contributed by atoms with Gasteiger partial charge in [0.25, 0.3) is 0 Å². The van der Waals surface area contributed by atoms with Crippen molar-refractivity contribution in [1.82, 2.24) is 19.9 Å². The van der Waals surface area contributed by atoms with Gasteiger partial charge < -0.3 is 23.8 Å². The first-order chi connectivity index (χ1) is 22.8. The van der Waals surface area contributed by atoms with Crippen molar-refractivity contribution in [2.24, 2.45) is 0 Å². The van der Waals surface area contributed by atoms with Gasteiger partial charge in [-0.3, -0.25) is 9.88 Å². The molecule has 3 fully saturated rings. The molecule has 47 heavy (non-hydrogen) atoms. The van der Waals surface area contributed by atoms with Crippen LogP contribution >= 0.6 is 0 Å². The summed E-state index contributed by atoms with van der Waals surface area (Å²) in [5.74, 6) is -0.131. The lowest BCUT2D eigenvalue weighted by Crippen LogP contribution is -2.43. The van der Waals surface area contributed by atoms with Crippen LogP contribution in [-0.4, -0.2) is 91.5 Å². The van der Waals surface area contributed by atoms with Crippen molar-refractivity contribution in [2.75, 3.05) is 58.7 Å². The monoisotopic (exact) mass is 651 g/mol. The third-order valence-corrected chi connectivity index (χ3v) is 9.98. The Bertz CT molecular complexity index is 1790. The molecule has 12 heteroatoms. The second kappa shape index (κ2) is 13.0. The molecule has 3 saturated heterocycles. The number of methoxy groups -OCH3 is 2. The number of halogens is 3. The van der Waals surface area contributed by atoms with Crippen molar-refractivity contribution in [2.45, 2.75) is 63.3 Å². The summed E-state index contributed by atoms with van der Waals surface area (Å²) in [4.78, 5) is 18.3. The number of benzene rings is 2. The van der Waals surface area contributed by atoms with E-state index in [2.05, 4.69) is 19.8 Å². The van der Waals surface area contributed by atoms with Gasteiger partial charge in [-0.05, 0) is 73.2 Å². The van der Waals surface area contributed by atoms with E-state index in [-0.39, 0.29) is 42.5 Å². The predicted molar refractivity (Wildman–Crippen MR) is 173 cm³/mol. The molecular formula is C35H40F3N5O4. The second-order valence-corrected chi connectivity index (χ2v) is 12.8. The molecule has 2 aromatic carbocycles. The van der Waals surface area contributed by atoms with Gasteiger partial charge in [0.05, 0.1) is 17.0 Å². The highest BCUT2D eigenvalue weighted by molar-refractivity contribution is 6.01. The zero-order valence-electron chi connectivity index (χ0n) is 27.0. The lowest BCUT2D eigenvalue weighted by molar-refractivity contribution is 0.0512. The third kappa shape index (κ3) is 5.84. The number of anilines is 1. The molecule has 2 aromatic heterocycles. The fourth-order valence-corrected chi connectivity index (χ4v) is 7.72. The van der Waals surface area contributed by atoms with Crippen LogP contribution in [0.15, 0.2) is 30.5 Å². The summed E-state index contributed by atoms with van der Waals surface area (Å²) in [6.45, 7) is 4.53. The molecule has 0 spiro atoms. The van der Waals surface area contributed by atoms with Gasteiger partial charge in [0.2, 0.25) is 0 Å². The second-order valence-electron chi connectivity index (χ2n) is 12.8. The summed E-state index contributed by atoms with van der Waals surface area (Å²) in [6.07, 6.45) is 5.01. The van der Waals surface area contributed by atoms with Crippen LogP contribution in [-0.2, 0) is 15.9 Å². The Balaban J connectivity index is 1.38. The van der Waals surface area contributed by atoms with Crippen molar-refractivity contribution in [3.05, 3.63) is 47.7 Å². The van der Waals surface area contributed by atoms with Gasteiger partial charge in [0.15, 0.2) is 12.6 Å². The number of pyridine rings is 1. The molecule has 9 nitrogen and oxygen atoms in total. The van der Waals surface area contributed by atoms with Gasteiger partial charge in [-0.2, -0.15) is 9.97 Å². The molecule has 0 radical (unpaired) electrons. The lowest BCUT2D eigenvalue weighted by atomic mass is 9.94. The van der Waals surface area contributed by atoms with Gasteiger partial charge in [-0.15, -0.1) is 0 Å². The summed E-state index contributed by atoms with van der Waals surface area (Å²) in [5.41, 5.74) is 0.451. The summed E-state index contributed by atoms with van der Waals surface area (Å²) in [7, 11) is 3.20. The Morgan fingerprint density at radius 2 is 1.91 bits per heavy atom. The van der Waals surface area contributed by atoms with Crippen LogP contribution in [0.2, 0.25) is 0 Å². The molecule has 3 aliphatic rings. The Kier molecular flexibility index (Phi) is 8.84. The molecule has 7 rings (SSSR count). The van der Waals surface area contributed by atoms with Gasteiger partial charge >= 0.3 is 6.01 Å². The van der Waals surface area contributed by atoms with E-state index in [1.54, 1.807) is 31.5 Å². The van der Waals surface area contributed by atoms with Crippen molar-refractivity contribution in [3.8, 4) is 23.0 Å². The van der Waals surface area contributed by atoms with Crippen LogP contribution in [0.1, 0.15) is 44.6 Å². The maximum atomic E-state index is 17.0. The number of fused-ring (bicyclic) bond motifs is 3. The quantitative estimate of drug-likeness (QED) is 0.185. The van der Waals surface area contributed by atoms with E-state index in [4.69, 9.17) is 23.9 Å². The summed E-state index contributed by atoms with van der Waals surface area (Å²) in [6, 6.07) is 6.52. The maximum absolute atomic E-state index is 17.0. The Hall–Kier alpha value is -3.74. The zero-order chi connectivity index (χ0) is 32.7. The lowest BCUT2D eigenvalue weighted by Gasteiger charge is -2.34. The number of ether oxygens (including phenoxy) is 4. The van der Waals surface area contributed by atoms with E-state index >= 15 is 8.78 Å². The Labute approximate surface area is 272 Å². The van der Waals surface area contributed by atoms with Gasteiger partial charge in [-0.1, -0.05) is 13.0 Å². The van der Waals surface area contributed by atoms with Crippen molar-refractivity contribution >= 4 is 27.5 Å². The molecule has 0 aliphatic carbocycles. The highest BCUT2D eigenvalue weighted by Crippen LogP contribution is 2.42. The number of hydrogen-bond acceptors (Lipinski definition) is 9. The molecule has 3 atom stereocenters. The van der Waals surface area contributed by atoms with Gasteiger partial charge in [0, 0.05) is 52.0 Å². The molecule has 4 aromatic rings. The van der Waals surface area contributed by atoms with Crippen LogP contribution in [0.5, 0.6) is 11.8 Å². The van der Waals surface area contributed by atoms with Crippen LogP contribution < -0.4 is 14.4 Å². The minimum absolute atomic E-state index is 0.00584. The SMILES string of the molecule is CCc1c(F)ccc2cc(OCOC)cc(-c3ncc4c(N5CCCC(OC)C5)nc(OC[C@@]56CCCN5C[C@H](F)C6)nc4c3F)c12. The molecule has 250 valence electrons. The van der Waals surface area contributed by atoms with Crippen molar-refractivity contribution in [1.29, 1.82) is 0 Å². The maximum Gasteiger partial charge on any atom is 0.319 e. The highest BCUT2D eigenvalue weighted by Gasteiger charge is 2.49. The first-order valence-electron chi connectivity index (χ1n) is 16.4. The smallest absolute Gasteiger partial charge is 0.319 e. The van der Waals surface area contributed by atoms with E-state index < -0.39 is 17.5 Å². The largest absolute Gasteiger partial charge is 0.468 e. The van der Waals surface area contributed by atoms with Gasteiger partial charge in [-0.25, -0.2) is 13.2 Å². The summed E-state index contributed by atoms with van der Waals surface area (Å²) in [5, 5.41) is 1.66. The predicted octanol–water partition coefficient (Wildman–Crippen LogP) is 6.24. The summed E-state index contributed by atoms with van der Waals surface area (Å²) >= 11 is 0. The molecule has 0 saturated carbocycles. The molecule has 0 N–H and O–H groups in total. The minimum atomic E-state index is -0.909. The zero-order valence-corrected chi connectivity index (χ0v) is 27.0. The van der Waals surface area contributed by atoms with Crippen LogP contribution in [0.4, 0.5) is 19.0 Å². The van der Waals surface area contributed by atoms with Crippen molar-refractivity contribution in [3.63, 3.8) is 0 Å². The number of aryl methyl sites for hydroxylation is 1. The fourth-order valence-electron chi connectivity index (χ4n) is 7.72. The first-order valence-corrected chi connectivity index (χ1v) is 16.4. The van der Waals surface area contributed by atoms with Crippen molar-refractivity contribution < 1.29 is 32.1 Å². The van der Waals surface area contributed by atoms with Crippen LogP contribution in [0, 0.1) is 11.6 Å². The fraction of sp³-hybridized carbons (Fsp3) is 0.514. The van der Waals surface area contributed by atoms with E-state index in [9.17, 15) is 4.39 Å². The van der Waals surface area contributed by atoms with E-state index in [1.165, 1.54) is 13.2 Å². The Morgan fingerprint density at radius 3 is 2.72 bits per heavy atom. The molecule has 3 aliphatic heterocycles. The number of piperidine rings is 1. The molecule has 0 amide bonds. The normalized spacial score (nSPS) is 23.1. The first kappa shape index (κ1) is 31.8. The van der Waals surface area contributed by atoms with E-state index in [0.717, 1.165) is 32.2 Å². The highest BCUT2D eigenvalue weighted by atomic mass is 19.1. The number of hydrogen-bond donors (Lipinski definition) is 0. The molecular weight excluding hydrogens is 611 g/mol. The topological polar surface area (TPSA) is 82.1 Å². The minimum Gasteiger partial charge on any atom is -0.468 e. The van der Waals surface area contributed by atoms with Crippen LogP contribution in [0.3, 0.4) is 0 Å². The van der Waals surface area contributed by atoms with Crippen LogP contribution in [0.25, 0.3) is 32.9 Å². The number of aromatic nitrogens is 3. The third-order valence-electron chi connectivity index (χ3n) is 9.98.